The van der Waals surface area contributed by atoms with Crippen molar-refractivity contribution in [2.75, 3.05) is 10.6 Å². The van der Waals surface area contributed by atoms with Crippen molar-refractivity contribution in [2.24, 2.45) is 0 Å². The molecule has 0 aliphatic heterocycles. The van der Waals surface area contributed by atoms with Crippen LogP contribution < -0.4 is 10.6 Å². The maximum Gasteiger partial charge on any atom is 0.225 e. The number of carbonyl (C=O) groups excluding carboxylic acids is 1. The van der Waals surface area contributed by atoms with Gasteiger partial charge in [0.1, 0.15) is 5.82 Å². The van der Waals surface area contributed by atoms with Gasteiger partial charge in [-0.1, -0.05) is 19.3 Å². The number of nitrogens with one attached hydrogen (secondary N) is 3. The van der Waals surface area contributed by atoms with Crippen molar-refractivity contribution in [3.05, 3.63) is 23.1 Å². The molecule has 2 heterocycles. The van der Waals surface area contributed by atoms with Gasteiger partial charge in [-0.2, -0.15) is 4.98 Å². The Morgan fingerprint density at radius 1 is 1.19 bits per heavy atom. The second-order valence-corrected chi connectivity index (χ2v) is 7.80. The highest BCUT2D eigenvalue weighted by molar-refractivity contribution is 5.83. The molecular weight excluding hydrogens is 340 g/mol. The molecule has 3 N–H and O–H groups in total. The molecule has 7 nitrogen and oxygen atoms in total. The molecule has 1 unspecified atom stereocenters. The third kappa shape index (κ3) is 3.96. The average Bonchev–Trinajstić information content (AvgIpc) is 3.32. The Kier molecular flexibility index (Phi) is 5.09. The maximum atomic E-state index is 11.6. The molecule has 0 saturated heterocycles. The summed E-state index contributed by atoms with van der Waals surface area (Å²) < 4.78 is 0. The third-order valence-corrected chi connectivity index (χ3v) is 5.77. The summed E-state index contributed by atoms with van der Waals surface area (Å²) in [4.78, 5) is 28.8. The fraction of sp³-hybridized carbons (Fsp3) is 0.600. The lowest BCUT2D eigenvalue weighted by molar-refractivity contribution is -0.117. The van der Waals surface area contributed by atoms with Crippen LogP contribution in [0.15, 0.2) is 6.20 Å². The first-order chi connectivity index (χ1) is 13.1. The highest BCUT2D eigenvalue weighted by Crippen LogP contribution is 2.33. The molecule has 144 valence electrons. The predicted molar refractivity (Wildman–Crippen MR) is 106 cm³/mol. The van der Waals surface area contributed by atoms with E-state index in [2.05, 4.69) is 30.6 Å². The number of imidazole rings is 1. The minimum Gasteiger partial charge on any atom is -0.345 e. The number of hydrogen-bond donors (Lipinski definition) is 3. The van der Waals surface area contributed by atoms with E-state index in [1.807, 2.05) is 13.1 Å². The Morgan fingerprint density at radius 3 is 2.78 bits per heavy atom. The lowest BCUT2D eigenvalue weighted by atomic mass is 9.87. The van der Waals surface area contributed by atoms with E-state index in [9.17, 15) is 4.79 Å². The van der Waals surface area contributed by atoms with E-state index in [1.165, 1.54) is 37.8 Å². The molecule has 27 heavy (non-hydrogen) atoms. The van der Waals surface area contributed by atoms with Crippen molar-refractivity contribution in [3.8, 4) is 0 Å². The minimum absolute atomic E-state index is 0.0664. The van der Waals surface area contributed by atoms with Gasteiger partial charge in [0, 0.05) is 17.2 Å². The Bertz CT molecular complexity index is 824. The van der Waals surface area contributed by atoms with Crippen LogP contribution in [0.1, 0.15) is 75.2 Å². The van der Waals surface area contributed by atoms with Gasteiger partial charge in [0.25, 0.3) is 0 Å². The van der Waals surface area contributed by atoms with Crippen molar-refractivity contribution < 1.29 is 4.79 Å². The van der Waals surface area contributed by atoms with Crippen LogP contribution in [0.2, 0.25) is 0 Å². The number of aryl methyl sites for hydroxylation is 1. The molecule has 2 aliphatic rings. The largest absolute Gasteiger partial charge is 0.345 e. The summed E-state index contributed by atoms with van der Waals surface area (Å²) in [6.07, 6.45) is 11.4. The Morgan fingerprint density at radius 2 is 2.00 bits per heavy atom. The van der Waals surface area contributed by atoms with Gasteiger partial charge in [0.05, 0.1) is 17.9 Å². The van der Waals surface area contributed by atoms with Crippen LogP contribution in [0, 0.1) is 0 Å². The molecule has 1 atom stereocenters. The monoisotopic (exact) mass is 368 g/mol. The first-order valence-electron chi connectivity index (χ1n) is 10.1. The van der Waals surface area contributed by atoms with Crippen LogP contribution in [0.4, 0.5) is 17.7 Å². The van der Waals surface area contributed by atoms with Gasteiger partial charge in [0.15, 0.2) is 5.78 Å². The summed E-state index contributed by atoms with van der Waals surface area (Å²) in [5.41, 5.74) is 3.43. The second kappa shape index (κ2) is 7.66. The summed E-state index contributed by atoms with van der Waals surface area (Å²) in [5, 5.41) is 6.48. The number of fused-ring (bicyclic) bond motifs is 1. The van der Waals surface area contributed by atoms with Gasteiger partial charge in [-0.15, -0.1) is 0 Å². The van der Waals surface area contributed by atoms with Gasteiger partial charge < -0.3 is 15.6 Å². The number of Topliss-reactive ketones (excluding diaryl/α,β-unsaturated/α-hetero) is 1. The highest BCUT2D eigenvalue weighted by Gasteiger charge is 2.22. The average molecular weight is 368 g/mol. The maximum absolute atomic E-state index is 11.6. The molecule has 7 heteroatoms. The Hall–Kier alpha value is -2.44. The first-order valence-corrected chi connectivity index (χ1v) is 10.1. The molecule has 0 amide bonds. The molecule has 1 fully saturated rings. The number of carbonyl (C=O) groups is 1. The first kappa shape index (κ1) is 17.9. The molecule has 2 aromatic rings. The zero-order chi connectivity index (χ0) is 18.8. The van der Waals surface area contributed by atoms with E-state index >= 15 is 0 Å². The topological polar surface area (TPSA) is 95.6 Å². The summed E-state index contributed by atoms with van der Waals surface area (Å²) in [6.45, 7) is 3.40. The summed E-state index contributed by atoms with van der Waals surface area (Å²) >= 11 is 0. The number of anilines is 3. The lowest BCUT2D eigenvalue weighted by Gasteiger charge is -2.19. The van der Waals surface area contributed by atoms with E-state index in [4.69, 9.17) is 0 Å². The third-order valence-electron chi connectivity index (χ3n) is 5.77. The van der Waals surface area contributed by atoms with E-state index in [1.54, 1.807) is 6.92 Å². The summed E-state index contributed by atoms with van der Waals surface area (Å²) in [6, 6.07) is -0.307. The summed E-state index contributed by atoms with van der Waals surface area (Å²) in [7, 11) is 0. The van der Waals surface area contributed by atoms with Crippen molar-refractivity contribution >= 4 is 23.5 Å². The lowest BCUT2D eigenvalue weighted by Crippen LogP contribution is -2.25. The van der Waals surface area contributed by atoms with E-state index in [0.717, 1.165) is 42.3 Å². The van der Waals surface area contributed by atoms with E-state index in [0.29, 0.717) is 11.9 Å². The van der Waals surface area contributed by atoms with Gasteiger partial charge in [-0.3, -0.25) is 4.79 Å². The number of H-pyrrole nitrogens is 1. The molecule has 2 aromatic heterocycles. The van der Waals surface area contributed by atoms with Gasteiger partial charge >= 0.3 is 0 Å². The SMILES string of the molecule is CC(=O)C(C)Nc1nc2c(c(Nc3ncc(C4CCCCC4)[nH]3)n1)CCC2. The fourth-order valence-electron chi connectivity index (χ4n) is 4.03. The standard InChI is InChI=1S/C20H28N6O/c1-12(13(2)27)22-20-23-16-10-6-9-15(16)18(26-20)25-19-21-11-17(24-19)14-7-4-3-5-8-14/h11-12,14H,3-10H2,1-2H3,(H3,21,22,23,24,25,26). The number of nitrogens with zero attached hydrogens (tertiary/aromatic N) is 3. The fourth-order valence-corrected chi connectivity index (χ4v) is 4.03. The molecular formula is C20H28N6O. The number of hydrogen-bond acceptors (Lipinski definition) is 6. The molecule has 2 aliphatic carbocycles. The predicted octanol–water partition coefficient (Wildman–Crippen LogP) is 3.87. The van der Waals surface area contributed by atoms with Crippen molar-refractivity contribution in [1.29, 1.82) is 0 Å². The van der Waals surface area contributed by atoms with Crippen LogP contribution in [0.3, 0.4) is 0 Å². The van der Waals surface area contributed by atoms with Crippen LogP contribution in [0.5, 0.6) is 0 Å². The van der Waals surface area contributed by atoms with E-state index < -0.39 is 0 Å². The van der Waals surface area contributed by atoms with Crippen molar-refractivity contribution in [2.45, 2.75) is 77.2 Å². The van der Waals surface area contributed by atoms with Gasteiger partial charge in [-0.25, -0.2) is 9.97 Å². The van der Waals surface area contributed by atoms with Crippen LogP contribution in [0.25, 0.3) is 0 Å². The number of rotatable bonds is 6. The Labute approximate surface area is 159 Å². The van der Waals surface area contributed by atoms with Crippen molar-refractivity contribution in [1.82, 2.24) is 19.9 Å². The van der Waals surface area contributed by atoms with Crippen LogP contribution in [-0.2, 0) is 17.6 Å². The smallest absolute Gasteiger partial charge is 0.225 e. The van der Waals surface area contributed by atoms with E-state index in [-0.39, 0.29) is 11.8 Å². The molecule has 4 rings (SSSR count). The molecule has 0 aromatic carbocycles. The zero-order valence-corrected chi connectivity index (χ0v) is 16.1. The molecule has 0 bridgehead atoms. The summed E-state index contributed by atoms with van der Waals surface area (Å²) in [5.74, 6) is 2.68. The van der Waals surface area contributed by atoms with Crippen LogP contribution >= 0.6 is 0 Å². The molecule has 1 saturated carbocycles. The van der Waals surface area contributed by atoms with Crippen LogP contribution in [-0.4, -0.2) is 31.8 Å². The second-order valence-electron chi connectivity index (χ2n) is 7.80. The normalized spacial score (nSPS) is 18.1. The number of aromatic nitrogens is 4. The highest BCUT2D eigenvalue weighted by atomic mass is 16.1. The zero-order valence-electron chi connectivity index (χ0n) is 16.1. The van der Waals surface area contributed by atoms with Gasteiger partial charge in [-0.05, 0) is 46.0 Å². The Balaban J connectivity index is 1.55. The van der Waals surface area contributed by atoms with Crippen molar-refractivity contribution in [3.63, 3.8) is 0 Å². The number of aromatic amines is 1. The van der Waals surface area contributed by atoms with Gasteiger partial charge in [0.2, 0.25) is 11.9 Å². The quantitative estimate of drug-likeness (QED) is 0.716. The molecule has 0 spiro atoms. The molecule has 0 radical (unpaired) electrons. The minimum atomic E-state index is -0.307. The number of ketones is 1.